The normalized spacial score (nSPS) is 21.1. The Morgan fingerprint density at radius 2 is 2.00 bits per heavy atom. The third kappa shape index (κ3) is 3.87. The molecule has 0 aliphatic carbocycles. The lowest BCUT2D eigenvalue weighted by atomic mass is 10.2. The summed E-state index contributed by atoms with van der Waals surface area (Å²) in [5, 5.41) is 9.08. The van der Waals surface area contributed by atoms with E-state index in [0.29, 0.717) is 55.9 Å². The van der Waals surface area contributed by atoms with Gasteiger partial charge in [-0.1, -0.05) is 0 Å². The molecule has 2 aliphatic heterocycles. The molecule has 0 bridgehead atoms. The molecule has 0 spiro atoms. The lowest BCUT2D eigenvalue weighted by Gasteiger charge is -2.34. The van der Waals surface area contributed by atoms with Gasteiger partial charge in [-0.05, 0) is 33.4 Å². The average Bonchev–Trinajstić information content (AvgIpc) is 3.04. The average molecular weight is 363 g/mol. The molecule has 9 heteroatoms. The number of aryl methyl sites for hydroxylation is 1. The molecule has 1 amide bonds. The lowest BCUT2D eigenvalue weighted by molar-refractivity contribution is 0.112. The summed E-state index contributed by atoms with van der Waals surface area (Å²) in [5.74, 6) is 0.521. The number of hydrogen-bond donors (Lipinski definition) is 1. The number of amides is 1. The third-order valence-electron chi connectivity index (χ3n) is 5.14. The van der Waals surface area contributed by atoms with Crippen molar-refractivity contribution in [1.82, 2.24) is 19.8 Å². The molecule has 2 saturated heterocycles. The van der Waals surface area contributed by atoms with E-state index >= 15 is 0 Å². The molecule has 1 N–H and O–H groups in total. The minimum absolute atomic E-state index is 0.268. The van der Waals surface area contributed by atoms with Crippen LogP contribution in [0.3, 0.4) is 0 Å². The van der Waals surface area contributed by atoms with Gasteiger partial charge in [0.1, 0.15) is 12.4 Å². The summed E-state index contributed by atoms with van der Waals surface area (Å²) < 4.78 is 5.82. The van der Waals surface area contributed by atoms with Crippen molar-refractivity contribution in [2.45, 2.75) is 25.8 Å². The maximum atomic E-state index is 11.5. The first kappa shape index (κ1) is 18.4. The van der Waals surface area contributed by atoms with E-state index in [4.69, 9.17) is 9.84 Å². The number of hydrogen-bond acceptors (Lipinski definition) is 7. The number of piperazine rings is 1. The Hall–Kier alpha value is -2.42. The van der Waals surface area contributed by atoms with Crippen molar-refractivity contribution in [1.29, 1.82) is 0 Å². The van der Waals surface area contributed by atoms with Crippen LogP contribution in [0.4, 0.5) is 10.6 Å². The van der Waals surface area contributed by atoms with Crippen molar-refractivity contribution >= 4 is 18.2 Å². The first-order valence-electron chi connectivity index (χ1n) is 8.89. The number of likely N-dealkylation sites (N-methyl/N-ethyl adjacent to an activating group) is 1. The molecule has 1 aromatic rings. The Labute approximate surface area is 152 Å². The highest BCUT2D eigenvalue weighted by Gasteiger charge is 2.26. The van der Waals surface area contributed by atoms with Crippen LogP contribution in [-0.2, 0) is 0 Å². The minimum Gasteiger partial charge on any atom is -0.465 e. The Bertz CT molecular complexity index is 675. The number of aldehydes is 1. The molecule has 142 valence electrons. The van der Waals surface area contributed by atoms with Gasteiger partial charge in [0.25, 0.3) is 0 Å². The minimum atomic E-state index is -0.927. The number of aromatic nitrogens is 2. The van der Waals surface area contributed by atoms with Gasteiger partial charge >= 0.3 is 12.1 Å². The molecule has 0 aromatic carbocycles. The van der Waals surface area contributed by atoms with Gasteiger partial charge in [-0.3, -0.25) is 4.79 Å². The van der Waals surface area contributed by atoms with Gasteiger partial charge in [0, 0.05) is 32.2 Å². The summed E-state index contributed by atoms with van der Waals surface area (Å²) in [6.07, 6.45) is 2.08. The fourth-order valence-electron chi connectivity index (χ4n) is 3.46. The van der Waals surface area contributed by atoms with Gasteiger partial charge in [-0.2, -0.15) is 9.97 Å². The van der Waals surface area contributed by atoms with Gasteiger partial charge in [-0.25, -0.2) is 4.79 Å². The smallest absolute Gasteiger partial charge is 0.407 e. The Kier molecular flexibility index (Phi) is 5.55. The largest absolute Gasteiger partial charge is 0.465 e. The molecule has 2 fully saturated rings. The number of rotatable bonds is 5. The van der Waals surface area contributed by atoms with Gasteiger partial charge in [0.2, 0.25) is 0 Å². The molecular weight excluding hydrogens is 338 g/mol. The van der Waals surface area contributed by atoms with Crippen LogP contribution in [0.15, 0.2) is 0 Å². The van der Waals surface area contributed by atoms with Crippen LogP contribution in [0.2, 0.25) is 0 Å². The number of nitrogens with zero attached hydrogens (tertiary/aromatic N) is 5. The SMILES string of the molecule is Cc1nc(OC[C@@H]2CCCN2C)nc(N2CCN(C(=O)O)CC2)c1C=O. The predicted octanol–water partition coefficient (Wildman–Crippen LogP) is 0.871. The molecule has 1 atom stereocenters. The highest BCUT2D eigenvalue weighted by molar-refractivity contribution is 5.84. The van der Waals surface area contributed by atoms with E-state index in [9.17, 15) is 9.59 Å². The quantitative estimate of drug-likeness (QED) is 0.770. The molecule has 9 nitrogen and oxygen atoms in total. The molecule has 3 rings (SSSR count). The Morgan fingerprint density at radius 3 is 2.58 bits per heavy atom. The monoisotopic (exact) mass is 363 g/mol. The van der Waals surface area contributed by atoms with Crippen molar-refractivity contribution in [3.63, 3.8) is 0 Å². The van der Waals surface area contributed by atoms with Crippen LogP contribution in [0.25, 0.3) is 0 Å². The number of carbonyl (C=O) groups is 2. The van der Waals surface area contributed by atoms with Crippen molar-refractivity contribution in [3.8, 4) is 6.01 Å². The summed E-state index contributed by atoms with van der Waals surface area (Å²) in [7, 11) is 2.08. The summed E-state index contributed by atoms with van der Waals surface area (Å²) in [6.45, 7) is 5.05. The van der Waals surface area contributed by atoms with Crippen LogP contribution in [0.1, 0.15) is 28.9 Å². The fourth-order valence-corrected chi connectivity index (χ4v) is 3.46. The first-order valence-corrected chi connectivity index (χ1v) is 8.89. The first-order chi connectivity index (χ1) is 12.5. The van der Waals surface area contributed by atoms with E-state index in [-0.39, 0.29) is 6.01 Å². The maximum absolute atomic E-state index is 11.5. The lowest BCUT2D eigenvalue weighted by Crippen LogP contribution is -2.49. The van der Waals surface area contributed by atoms with Gasteiger partial charge < -0.3 is 24.5 Å². The molecule has 0 unspecified atom stereocenters. The number of anilines is 1. The van der Waals surface area contributed by atoms with Gasteiger partial charge in [0.05, 0.1) is 11.3 Å². The van der Waals surface area contributed by atoms with E-state index < -0.39 is 6.09 Å². The van der Waals surface area contributed by atoms with E-state index in [1.54, 1.807) is 6.92 Å². The van der Waals surface area contributed by atoms with Crippen LogP contribution in [0.5, 0.6) is 6.01 Å². The summed E-state index contributed by atoms with van der Waals surface area (Å²) in [6, 6.07) is 0.622. The molecular formula is C17H25N5O4. The molecule has 3 heterocycles. The van der Waals surface area contributed by atoms with Gasteiger partial charge in [0.15, 0.2) is 6.29 Å². The third-order valence-corrected chi connectivity index (χ3v) is 5.14. The van der Waals surface area contributed by atoms with Crippen LogP contribution in [0, 0.1) is 6.92 Å². The van der Waals surface area contributed by atoms with Crippen LogP contribution in [-0.4, -0.2) is 89.7 Å². The Morgan fingerprint density at radius 1 is 1.27 bits per heavy atom. The van der Waals surface area contributed by atoms with E-state index in [1.165, 1.54) is 4.90 Å². The molecule has 0 radical (unpaired) electrons. The van der Waals surface area contributed by atoms with Crippen molar-refractivity contribution < 1.29 is 19.4 Å². The molecule has 26 heavy (non-hydrogen) atoms. The van der Waals surface area contributed by atoms with Crippen molar-refractivity contribution in [3.05, 3.63) is 11.3 Å². The fraction of sp³-hybridized carbons (Fsp3) is 0.647. The topological polar surface area (TPSA) is 99.1 Å². The zero-order valence-corrected chi connectivity index (χ0v) is 15.2. The summed E-state index contributed by atoms with van der Waals surface area (Å²) >= 11 is 0. The van der Waals surface area contributed by atoms with Crippen LogP contribution >= 0.6 is 0 Å². The number of likely N-dealkylation sites (tertiary alicyclic amines) is 1. The zero-order valence-electron chi connectivity index (χ0n) is 15.2. The number of ether oxygens (including phenoxy) is 1. The standard InChI is InChI=1S/C17H25N5O4/c1-12-14(10-23)15(21-6-8-22(9-7-21)17(24)25)19-16(18-12)26-11-13-4-3-5-20(13)2/h10,13H,3-9,11H2,1-2H3,(H,24,25)/t13-/m0/s1. The second-order valence-electron chi connectivity index (χ2n) is 6.79. The Balaban J connectivity index is 1.74. The van der Waals surface area contributed by atoms with Gasteiger partial charge in [-0.15, -0.1) is 0 Å². The van der Waals surface area contributed by atoms with E-state index in [1.807, 2.05) is 4.90 Å². The number of carbonyl (C=O) groups excluding carboxylic acids is 1. The summed E-state index contributed by atoms with van der Waals surface area (Å²) in [5.41, 5.74) is 1.000. The second-order valence-corrected chi connectivity index (χ2v) is 6.79. The number of carboxylic acid groups (broad SMARTS) is 1. The molecule has 0 saturated carbocycles. The van der Waals surface area contributed by atoms with Crippen molar-refractivity contribution in [2.75, 3.05) is 51.3 Å². The van der Waals surface area contributed by atoms with E-state index in [2.05, 4.69) is 21.9 Å². The highest BCUT2D eigenvalue weighted by atomic mass is 16.5. The molecule has 1 aromatic heterocycles. The summed E-state index contributed by atoms with van der Waals surface area (Å²) in [4.78, 5) is 36.9. The highest BCUT2D eigenvalue weighted by Crippen LogP contribution is 2.24. The van der Waals surface area contributed by atoms with Crippen LogP contribution < -0.4 is 9.64 Å². The molecule has 2 aliphatic rings. The van der Waals surface area contributed by atoms with Crippen molar-refractivity contribution in [2.24, 2.45) is 0 Å². The maximum Gasteiger partial charge on any atom is 0.407 e. The second kappa shape index (κ2) is 7.86. The van der Waals surface area contributed by atoms with E-state index in [0.717, 1.165) is 25.7 Å². The predicted molar refractivity (Wildman–Crippen MR) is 95.1 cm³/mol. The zero-order chi connectivity index (χ0) is 18.7.